The summed E-state index contributed by atoms with van der Waals surface area (Å²) in [5.74, 6) is -0.474. The number of carbonyl (C=O) groups excluding carboxylic acids is 1. The van der Waals surface area contributed by atoms with Gasteiger partial charge < -0.3 is 5.32 Å². The second kappa shape index (κ2) is 9.78. The molecule has 1 aromatic carbocycles. The van der Waals surface area contributed by atoms with E-state index in [1.165, 1.54) is 11.3 Å². The normalized spacial score (nSPS) is 11.1. The van der Waals surface area contributed by atoms with Crippen LogP contribution < -0.4 is 5.32 Å². The number of nitriles is 1. The number of nitrogens with zero attached hydrogens (tertiary/aromatic N) is 2. The molecule has 4 nitrogen and oxygen atoms in total. The molecule has 3 aromatic rings. The zero-order valence-corrected chi connectivity index (χ0v) is 17.2. The summed E-state index contributed by atoms with van der Waals surface area (Å²) in [6, 6.07) is 15.4. The molecule has 1 amide bonds. The fraction of sp³-hybridized carbons (Fsp3) is 0.190. The molecule has 0 radical (unpaired) electrons. The molecule has 0 spiro atoms. The van der Waals surface area contributed by atoms with Crippen LogP contribution in [0, 0.1) is 11.3 Å². The van der Waals surface area contributed by atoms with Crippen LogP contribution in [0.25, 0.3) is 10.6 Å². The van der Waals surface area contributed by atoms with Crippen LogP contribution in [0.5, 0.6) is 0 Å². The summed E-state index contributed by atoms with van der Waals surface area (Å²) in [5.41, 5.74) is -0.416. The molecular formula is C21H16F3N3OS2. The summed E-state index contributed by atoms with van der Waals surface area (Å²) in [5, 5.41) is 13.7. The van der Waals surface area contributed by atoms with Crippen LogP contribution >= 0.6 is 23.1 Å². The number of thiophene rings is 1. The Morgan fingerprint density at radius 1 is 1.20 bits per heavy atom. The van der Waals surface area contributed by atoms with Gasteiger partial charge in [-0.1, -0.05) is 48.2 Å². The second-order valence-electron chi connectivity index (χ2n) is 6.20. The maximum Gasteiger partial charge on any atom is 0.417 e. The van der Waals surface area contributed by atoms with E-state index in [9.17, 15) is 23.2 Å². The summed E-state index contributed by atoms with van der Waals surface area (Å²) in [6.45, 7) is 0.408. The molecule has 1 N–H and O–H groups in total. The lowest BCUT2D eigenvalue weighted by atomic mass is 10.1. The van der Waals surface area contributed by atoms with Crippen molar-refractivity contribution in [2.24, 2.45) is 0 Å². The number of benzene rings is 1. The number of hydrogen-bond acceptors (Lipinski definition) is 5. The summed E-state index contributed by atoms with van der Waals surface area (Å²) >= 11 is 2.08. The monoisotopic (exact) mass is 447 g/mol. The zero-order chi connectivity index (χ0) is 21.6. The summed E-state index contributed by atoms with van der Waals surface area (Å²) in [6.07, 6.45) is -4.06. The maximum absolute atomic E-state index is 13.5. The number of thioether (sulfide) groups is 1. The molecule has 154 valence electrons. The lowest BCUT2D eigenvalue weighted by molar-refractivity contribution is -0.138. The number of halogens is 3. The predicted octanol–water partition coefficient (Wildman–Crippen LogP) is 5.15. The Morgan fingerprint density at radius 2 is 1.97 bits per heavy atom. The van der Waals surface area contributed by atoms with Gasteiger partial charge in [-0.3, -0.25) is 4.79 Å². The van der Waals surface area contributed by atoms with Gasteiger partial charge in [0.2, 0.25) is 5.91 Å². The molecule has 0 aliphatic carbocycles. The van der Waals surface area contributed by atoms with Crippen molar-refractivity contribution in [3.05, 3.63) is 70.6 Å². The van der Waals surface area contributed by atoms with E-state index in [0.717, 1.165) is 23.4 Å². The fourth-order valence-corrected chi connectivity index (χ4v) is 4.20. The molecular weight excluding hydrogens is 431 g/mol. The van der Waals surface area contributed by atoms with Crippen LogP contribution in [-0.4, -0.2) is 23.2 Å². The van der Waals surface area contributed by atoms with Crippen molar-refractivity contribution < 1.29 is 18.0 Å². The smallest absolute Gasteiger partial charge is 0.355 e. The van der Waals surface area contributed by atoms with Gasteiger partial charge in [-0.25, -0.2) is 4.98 Å². The number of carbonyl (C=O) groups is 1. The van der Waals surface area contributed by atoms with Gasteiger partial charge in [0.15, 0.2) is 0 Å². The van der Waals surface area contributed by atoms with E-state index < -0.39 is 17.3 Å². The standard InChI is InChI=1S/C21H16F3N3OS2/c22-21(23,24)16-11-17(18-7-4-10-29-18)27-20(15(16)12-25)30-13-19(28)26-9-8-14-5-2-1-3-6-14/h1-7,10-11H,8-9,13H2,(H,26,28). The van der Waals surface area contributed by atoms with Gasteiger partial charge in [0, 0.05) is 6.54 Å². The van der Waals surface area contributed by atoms with Crippen LogP contribution in [0.2, 0.25) is 0 Å². The van der Waals surface area contributed by atoms with E-state index in [-0.39, 0.29) is 22.4 Å². The molecule has 0 aliphatic heterocycles. The molecule has 30 heavy (non-hydrogen) atoms. The van der Waals surface area contributed by atoms with Crippen molar-refractivity contribution in [2.45, 2.75) is 17.6 Å². The molecule has 0 atom stereocenters. The Balaban J connectivity index is 1.73. The first kappa shape index (κ1) is 21.9. The van der Waals surface area contributed by atoms with Crippen molar-refractivity contribution >= 4 is 29.0 Å². The number of hydrogen-bond donors (Lipinski definition) is 1. The van der Waals surface area contributed by atoms with E-state index in [1.54, 1.807) is 23.6 Å². The predicted molar refractivity (Wildman–Crippen MR) is 111 cm³/mol. The van der Waals surface area contributed by atoms with E-state index in [4.69, 9.17) is 0 Å². The highest BCUT2D eigenvalue weighted by molar-refractivity contribution is 8.00. The highest BCUT2D eigenvalue weighted by Gasteiger charge is 2.36. The molecule has 0 bridgehead atoms. The van der Waals surface area contributed by atoms with Gasteiger partial charge >= 0.3 is 6.18 Å². The van der Waals surface area contributed by atoms with E-state index in [2.05, 4.69) is 10.3 Å². The van der Waals surface area contributed by atoms with E-state index in [1.807, 2.05) is 30.3 Å². The number of pyridine rings is 1. The highest BCUT2D eigenvalue weighted by Crippen LogP contribution is 2.38. The number of amides is 1. The van der Waals surface area contributed by atoms with Crippen LogP contribution in [0.4, 0.5) is 13.2 Å². The third-order valence-electron chi connectivity index (χ3n) is 4.10. The highest BCUT2D eigenvalue weighted by atomic mass is 32.2. The quantitative estimate of drug-likeness (QED) is 0.509. The van der Waals surface area contributed by atoms with Crippen molar-refractivity contribution in [2.75, 3.05) is 12.3 Å². The third-order valence-corrected chi connectivity index (χ3v) is 5.96. The lowest BCUT2D eigenvalue weighted by Gasteiger charge is -2.13. The molecule has 0 fully saturated rings. The average molecular weight is 448 g/mol. The van der Waals surface area contributed by atoms with Crippen molar-refractivity contribution in [1.29, 1.82) is 5.26 Å². The molecule has 2 aromatic heterocycles. The molecule has 0 aliphatic rings. The Morgan fingerprint density at radius 3 is 2.60 bits per heavy atom. The minimum atomic E-state index is -4.70. The molecule has 0 saturated carbocycles. The first-order chi connectivity index (χ1) is 14.4. The second-order valence-corrected chi connectivity index (χ2v) is 8.11. The number of aromatic nitrogens is 1. The molecule has 0 unspecified atom stereocenters. The van der Waals surface area contributed by atoms with Crippen molar-refractivity contribution in [1.82, 2.24) is 10.3 Å². The SMILES string of the molecule is N#Cc1c(C(F)(F)F)cc(-c2cccs2)nc1SCC(=O)NCCc1ccccc1. The topological polar surface area (TPSA) is 65.8 Å². The van der Waals surface area contributed by atoms with Crippen LogP contribution in [0.3, 0.4) is 0 Å². The minimum Gasteiger partial charge on any atom is -0.355 e. The molecule has 2 heterocycles. The number of nitrogens with one attached hydrogen (secondary N) is 1. The van der Waals surface area contributed by atoms with Crippen LogP contribution in [0.15, 0.2) is 58.9 Å². The Labute approximate surface area is 179 Å². The number of alkyl halides is 3. The van der Waals surface area contributed by atoms with Crippen LogP contribution in [-0.2, 0) is 17.4 Å². The Kier molecular flexibility index (Phi) is 7.13. The van der Waals surface area contributed by atoms with Gasteiger partial charge in [-0.2, -0.15) is 18.4 Å². The van der Waals surface area contributed by atoms with E-state index in [0.29, 0.717) is 17.8 Å². The first-order valence-corrected chi connectivity index (χ1v) is 10.7. The zero-order valence-electron chi connectivity index (χ0n) is 15.6. The lowest BCUT2D eigenvalue weighted by Crippen LogP contribution is -2.27. The number of rotatable bonds is 7. The third kappa shape index (κ3) is 5.62. The summed E-state index contributed by atoms with van der Waals surface area (Å²) < 4.78 is 40.5. The van der Waals surface area contributed by atoms with Crippen molar-refractivity contribution in [3.63, 3.8) is 0 Å². The molecule has 9 heteroatoms. The van der Waals surface area contributed by atoms with Gasteiger partial charge in [0.05, 0.1) is 27.5 Å². The fourth-order valence-electron chi connectivity index (χ4n) is 2.68. The largest absolute Gasteiger partial charge is 0.417 e. The maximum atomic E-state index is 13.5. The Hall–Kier alpha value is -2.83. The van der Waals surface area contributed by atoms with Crippen molar-refractivity contribution in [3.8, 4) is 16.6 Å². The van der Waals surface area contributed by atoms with E-state index >= 15 is 0 Å². The molecule has 3 rings (SSSR count). The van der Waals surface area contributed by atoms with Gasteiger partial charge in [-0.05, 0) is 29.5 Å². The van der Waals surface area contributed by atoms with Gasteiger partial charge in [0.25, 0.3) is 0 Å². The van der Waals surface area contributed by atoms with Gasteiger partial charge in [-0.15, -0.1) is 11.3 Å². The summed E-state index contributed by atoms with van der Waals surface area (Å²) in [4.78, 5) is 16.9. The Bertz CT molecular complexity index is 1050. The average Bonchev–Trinajstić information content (AvgIpc) is 3.26. The van der Waals surface area contributed by atoms with Crippen LogP contribution in [0.1, 0.15) is 16.7 Å². The first-order valence-electron chi connectivity index (χ1n) is 8.88. The van der Waals surface area contributed by atoms with Gasteiger partial charge in [0.1, 0.15) is 11.1 Å². The minimum absolute atomic E-state index is 0.103. The summed E-state index contributed by atoms with van der Waals surface area (Å²) in [7, 11) is 0. The molecule has 0 saturated heterocycles.